The minimum atomic E-state index is 0.763. The van der Waals surface area contributed by atoms with Crippen molar-refractivity contribution in [1.82, 2.24) is 9.97 Å². The van der Waals surface area contributed by atoms with Crippen LogP contribution in [-0.4, -0.2) is 35.8 Å². The summed E-state index contributed by atoms with van der Waals surface area (Å²) in [5.41, 5.74) is 9.45. The molecule has 0 aliphatic carbocycles. The van der Waals surface area contributed by atoms with Gasteiger partial charge in [0.1, 0.15) is 5.82 Å². The van der Waals surface area contributed by atoms with Crippen molar-refractivity contribution in [2.45, 2.75) is 32.6 Å². The Morgan fingerprint density at radius 3 is 2.53 bits per heavy atom. The number of nitrogens with one attached hydrogen (secondary N) is 1. The van der Waals surface area contributed by atoms with E-state index in [0.717, 1.165) is 64.7 Å². The number of aromatic nitrogens is 2. The standard InChI is InChI=1S/C33H35N5/c1-24-12-13-28(29-19-27(22-35-23-29)18-26-10-6-4-7-11-26)20-31(24)33(34-3)25(2)37-30-14-15-36-32(21-30)38-16-8-5-9-17-38/h4,6-7,10-15,19-23H,2,5,8-9,16-18H2,1,3H3,(H,36,37). The molecule has 1 N–H and O–H groups in total. The number of hydrogen-bond donors (Lipinski definition) is 1. The van der Waals surface area contributed by atoms with Crippen LogP contribution in [0.5, 0.6) is 0 Å². The molecule has 0 saturated carbocycles. The van der Waals surface area contributed by atoms with Crippen LogP contribution in [0.25, 0.3) is 11.1 Å². The van der Waals surface area contributed by atoms with E-state index in [1.807, 2.05) is 37.8 Å². The molecule has 2 aromatic carbocycles. The van der Waals surface area contributed by atoms with Gasteiger partial charge in [0.15, 0.2) is 0 Å². The van der Waals surface area contributed by atoms with E-state index in [2.05, 4.69) is 93.3 Å². The van der Waals surface area contributed by atoms with Crippen molar-refractivity contribution in [2.75, 3.05) is 30.4 Å². The third-order valence-electron chi connectivity index (χ3n) is 7.10. The number of aliphatic imine (C=N–C) groups is 1. The number of pyridine rings is 2. The Balaban J connectivity index is 1.37. The minimum absolute atomic E-state index is 0.763. The van der Waals surface area contributed by atoms with E-state index in [0.29, 0.717) is 0 Å². The van der Waals surface area contributed by atoms with Crippen LogP contribution in [0.3, 0.4) is 0 Å². The summed E-state index contributed by atoms with van der Waals surface area (Å²) in [5.74, 6) is 1.01. The molecule has 1 aliphatic rings. The molecular weight excluding hydrogens is 466 g/mol. The predicted octanol–water partition coefficient (Wildman–Crippen LogP) is 7.08. The second-order valence-corrected chi connectivity index (χ2v) is 9.90. The van der Waals surface area contributed by atoms with Gasteiger partial charge in [-0.25, -0.2) is 4.98 Å². The number of nitrogens with zero attached hydrogens (tertiary/aromatic N) is 4. The largest absolute Gasteiger partial charge is 0.357 e. The lowest BCUT2D eigenvalue weighted by Crippen LogP contribution is -2.30. The van der Waals surface area contributed by atoms with Gasteiger partial charge in [0.2, 0.25) is 0 Å². The predicted molar refractivity (Wildman–Crippen MR) is 159 cm³/mol. The Hall–Kier alpha value is -4.25. The monoisotopic (exact) mass is 501 g/mol. The summed E-state index contributed by atoms with van der Waals surface area (Å²) in [6.07, 6.45) is 10.3. The van der Waals surface area contributed by atoms with Crippen LogP contribution >= 0.6 is 0 Å². The zero-order chi connectivity index (χ0) is 26.3. The van der Waals surface area contributed by atoms with E-state index in [4.69, 9.17) is 0 Å². The number of hydrogen-bond acceptors (Lipinski definition) is 5. The maximum atomic E-state index is 4.65. The molecule has 0 bridgehead atoms. The molecule has 192 valence electrons. The van der Waals surface area contributed by atoms with Gasteiger partial charge in [-0.3, -0.25) is 9.98 Å². The summed E-state index contributed by atoms with van der Waals surface area (Å²) >= 11 is 0. The molecule has 5 nitrogen and oxygen atoms in total. The van der Waals surface area contributed by atoms with Crippen LogP contribution < -0.4 is 10.2 Å². The van der Waals surface area contributed by atoms with Gasteiger partial charge in [-0.2, -0.15) is 0 Å². The molecule has 5 heteroatoms. The smallest absolute Gasteiger partial charge is 0.130 e. The Kier molecular flexibility index (Phi) is 7.93. The van der Waals surface area contributed by atoms with Crippen LogP contribution in [0.1, 0.15) is 41.5 Å². The summed E-state index contributed by atoms with van der Waals surface area (Å²) in [4.78, 5) is 16.2. The first-order chi connectivity index (χ1) is 18.6. The van der Waals surface area contributed by atoms with Crippen LogP contribution in [0, 0.1) is 6.92 Å². The highest BCUT2D eigenvalue weighted by Crippen LogP contribution is 2.27. The molecule has 1 saturated heterocycles. The Bertz CT molecular complexity index is 1430. The van der Waals surface area contributed by atoms with Gasteiger partial charge >= 0.3 is 0 Å². The van der Waals surface area contributed by atoms with E-state index in [-0.39, 0.29) is 0 Å². The third kappa shape index (κ3) is 6.00. The van der Waals surface area contributed by atoms with E-state index in [1.54, 1.807) is 0 Å². The zero-order valence-electron chi connectivity index (χ0n) is 22.3. The summed E-state index contributed by atoms with van der Waals surface area (Å²) < 4.78 is 0. The number of aryl methyl sites for hydroxylation is 1. The second kappa shape index (κ2) is 11.9. The molecule has 1 fully saturated rings. The van der Waals surface area contributed by atoms with Crippen LogP contribution in [0.4, 0.5) is 11.5 Å². The highest BCUT2D eigenvalue weighted by atomic mass is 15.2. The van der Waals surface area contributed by atoms with Crippen LogP contribution in [0.15, 0.2) is 103 Å². The molecular formula is C33H35N5. The average molecular weight is 502 g/mol. The molecule has 5 rings (SSSR count). The summed E-state index contributed by atoms with van der Waals surface area (Å²) in [7, 11) is 1.82. The molecule has 3 heterocycles. The Morgan fingerprint density at radius 2 is 1.74 bits per heavy atom. The minimum Gasteiger partial charge on any atom is -0.357 e. The van der Waals surface area contributed by atoms with Gasteiger partial charge in [0, 0.05) is 61.6 Å². The molecule has 1 aliphatic heterocycles. The molecule has 4 aromatic rings. The summed E-state index contributed by atoms with van der Waals surface area (Å²) in [6.45, 7) is 8.59. The van der Waals surface area contributed by atoms with E-state index < -0.39 is 0 Å². The second-order valence-electron chi connectivity index (χ2n) is 9.90. The van der Waals surface area contributed by atoms with E-state index in [9.17, 15) is 0 Å². The van der Waals surface area contributed by atoms with Crippen molar-refractivity contribution < 1.29 is 0 Å². The SMILES string of the molecule is C=C(Nc1ccnc(N2CCCCC2)c1)C(=NC)c1cc(-c2cncc(Cc3ccccc3)c2)ccc1C. The first-order valence-electron chi connectivity index (χ1n) is 13.3. The van der Waals surface area contributed by atoms with Crippen molar-refractivity contribution >= 4 is 17.2 Å². The third-order valence-corrected chi connectivity index (χ3v) is 7.10. The number of piperidine rings is 1. The lowest BCUT2D eigenvalue weighted by molar-refractivity contribution is 0.573. The molecule has 0 atom stereocenters. The highest BCUT2D eigenvalue weighted by Gasteiger charge is 2.15. The Labute approximate surface area is 226 Å². The normalized spacial score (nSPS) is 13.8. The molecule has 2 aromatic heterocycles. The Morgan fingerprint density at radius 1 is 0.921 bits per heavy atom. The maximum Gasteiger partial charge on any atom is 0.130 e. The lowest BCUT2D eigenvalue weighted by Gasteiger charge is -2.28. The number of benzene rings is 2. The van der Waals surface area contributed by atoms with Crippen molar-refractivity contribution in [3.8, 4) is 11.1 Å². The molecule has 38 heavy (non-hydrogen) atoms. The van der Waals surface area contributed by atoms with Gasteiger partial charge in [0.05, 0.1) is 11.4 Å². The summed E-state index contributed by atoms with van der Waals surface area (Å²) in [5, 5.41) is 3.49. The first-order valence-corrected chi connectivity index (χ1v) is 13.3. The van der Waals surface area contributed by atoms with Crippen LogP contribution in [0.2, 0.25) is 0 Å². The zero-order valence-corrected chi connectivity index (χ0v) is 22.3. The van der Waals surface area contributed by atoms with Crippen molar-refractivity contribution in [2.24, 2.45) is 4.99 Å². The quantitative estimate of drug-likeness (QED) is 0.262. The summed E-state index contributed by atoms with van der Waals surface area (Å²) in [6, 6.07) is 23.3. The molecule has 0 unspecified atom stereocenters. The number of allylic oxidation sites excluding steroid dienone is 1. The lowest BCUT2D eigenvalue weighted by atomic mass is 9.95. The van der Waals surface area contributed by atoms with Crippen LogP contribution in [-0.2, 0) is 6.42 Å². The topological polar surface area (TPSA) is 53.4 Å². The highest BCUT2D eigenvalue weighted by molar-refractivity contribution is 6.15. The van der Waals surface area contributed by atoms with Crippen molar-refractivity contribution in [3.05, 3.63) is 120 Å². The maximum absolute atomic E-state index is 4.65. The van der Waals surface area contributed by atoms with Gasteiger partial charge in [0.25, 0.3) is 0 Å². The molecule has 0 spiro atoms. The number of anilines is 2. The average Bonchev–Trinajstić information content (AvgIpc) is 2.96. The molecule has 0 radical (unpaired) electrons. The fraction of sp³-hybridized carbons (Fsp3) is 0.242. The fourth-order valence-corrected chi connectivity index (χ4v) is 5.07. The van der Waals surface area contributed by atoms with Gasteiger partial charge in [-0.15, -0.1) is 0 Å². The van der Waals surface area contributed by atoms with E-state index >= 15 is 0 Å². The van der Waals surface area contributed by atoms with Crippen molar-refractivity contribution in [3.63, 3.8) is 0 Å². The van der Waals surface area contributed by atoms with Gasteiger partial charge in [-0.05, 0) is 73.1 Å². The molecule has 0 amide bonds. The fourth-order valence-electron chi connectivity index (χ4n) is 5.07. The van der Waals surface area contributed by atoms with Crippen molar-refractivity contribution in [1.29, 1.82) is 0 Å². The number of rotatable bonds is 8. The van der Waals surface area contributed by atoms with E-state index in [1.165, 1.54) is 30.4 Å². The van der Waals surface area contributed by atoms with Gasteiger partial charge in [-0.1, -0.05) is 49.0 Å². The van der Waals surface area contributed by atoms with Gasteiger partial charge < -0.3 is 10.2 Å². The first kappa shape index (κ1) is 25.4.